The average Bonchev–Trinajstić information content (AvgIpc) is 2.47. The summed E-state index contributed by atoms with van der Waals surface area (Å²) in [5.41, 5.74) is 1.49. The number of carbonyl (C=O) groups excluding carboxylic acids is 2. The van der Waals surface area contributed by atoms with Crippen LogP contribution in [0, 0.1) is 6.92 Å². The molecule has 5 nitrogen and oxygen atoms in total. The first-order valence-corrected chi connectivity index (χ1v) is 7.18. The van der Waals surface area contributed by atoms with Gasteiger partial charge in [-0.1, -0.05) is 11.6 Å². The van der Waals surface area contributed by atoms with E-state index in [1.54, 1.807) is 12.1 Å². The zero-order chi connectivity index (χ0) is 15.2. The van der Waals surface area contributed by atoms with E-state index >= 15 is 0 Å². The lowest BCUT2D eigenvalue weighted by molar-refractivity contribution is -0.124. The minimum Gasteiger partial charge on any atom is -0.483 e. The topological polar surface area (TPSA) is 64.6 Å². The van der Waals surface area contributed by atoms with Crippen molar-refractivity contribution < 1.29 is 19.1 Å². The summed E-state index contributed by atoms with van der Waals surface area (Å²) >= 11 is 0. The monoisotopic (exact) mass is 291 g/mol. The molecule has 2 rings (SSSR count). The van der Waals surface area contributed by atoms with Crippen LogP contribution in [-0.4, -0.2) is 37.6 Å². The molecule has 1 fully saturated rings. The lowest BCUT2D eigenvalue weighted by Crippen LogP contribution is -2.41. The van der Waals surface area contributed by atoms with Gasteiger partial charge in [0.1, 0.15) is 5.75 Å². The van der Waals surface area contributed by atoms with Gasteiger partial charge in [0, 0.05) is 19.3 Å². The summed E-state index contributed by atoms with van der Waals surface area (Å²) < 4.78 is 10.7. The molecule has 1 saturated heterocycles. The number of Topliss-reactive ketones (excluding diaryl/α,β-unsaturated/α-hetero) is 1. The van der Waals surface area contributed by atoms with Crippen molar-refractivity contribution in [2.75, 3.05) is 19.8 Å². The van der Waals surface area contributed by atoms with Gasteiger partial charge in [-0.05, 0) is 38.8 Å². The molecular weight excluding hydrogens is 270 g/mol. The molecule has 0 atom stereocenters. The summed E-state index contributed by atoms with van der Waals surface area (Å²) in [6.45, 7) is 4.68. The molecule has 114 valence electrons. The first kappa shape index (κ1) is 15.5. The molecule has 1 aromatic rings. The van der Waals surface area contributed by atoms with E-state index in [1.165, 1.54) is 6.92 Å². The normalized spacial score (nSPS) is 15.5. The fraction of sp³-hybridized carbons (Fsp3) is 0.500. The second-order valence-electron chi connectivity index (χ2n) is 5.30. The number of benzene rings is 1. The van der Waals surface area contributed by atoms with Gasteiger partial charge in [-0.3, -0.25) is 9.59 Å². The first-order valence-electron chi connectivity index (χ1n) is 7.18. The van der Waals surface area contributed by atoms with Gasteiger partial charge in [0.15, 0.2) is 12.4 Å². The maximum Gasteiger partial charge on any atom is 0.258 e. The number of ketones is 1. The smallest absolute Gasteiger partial charge is 0.258 e. The summed E-state index contributed by atoms with van der Waals surface area (Å²) in [6, 6.07) is 5.51. The molecule has 1 heterocycles. The maximum atomic E-state index is 11.9. The molecule has 0 spiro atoms. The van der Waals surface area contributed by atoms with E-state index in [9.17, 15) is 9.59 Å². The number of rotatable bonds is 5. The molecule has 1 aliphatic rings. The van der Waals surface area contributed by atoms with Gasteiger partial charge < -0.3 is 14.8 Å². The highest BCUT2D eigenvalue weighted by Gasteiger charge is 2.17. The van der Waals surface area contributed by atoms with Crippen LogP contribution in [0.3, 0.4) is 0 Å². The van der Waals surface area contributed by atoms with Crippen molar-refractivity contribution in [3.63, 3.8) is 0 Å². The molecule has 0 unspecified atom stereocenters. The average molecular weight is 291 g/mol. The number of aryl methyl sites for hydroxylation is 1. The van der Waals surface area contributed by atoms with Crippen LogP contribution in [-0.2, 0) is 9.53 Å². The first-order chi connectivity index (χ1) is 10.1. The summed E-state index contributed by atoms with van der Waals surface area (Å²) in [6.07, 6.45) is 1.66. The van der Waals surface area contributed by atoms with Crippen molar-refractivity contribution in [3.8, 4) is 5.75 Å². The van der Waals surface area contributed by atoms with Crippen LogP contribution in [0.15, 0.2) is 18.2 Å². The summed E-state index contributed by atoms with van der Waals surface area (Å²) in [5.74, 6) is 0.214. The fourth-order valence-electron chi connectivity index (χ4n) is 2.30. The number of hydrogen-bond acceptors (Lipinski definition) is 4. The van der Waals surface area contributed by atoms with E-state index in [0.29, 0.717) is 24.5 Å². The summed E-state index contributed by atoms with van der Waals surface area (Å²) in [4.78, 5) is 23.5. The molecule has 0 radical (unpaired) electrons. The van der Waals surface area contributed by atoms with Crippen LogP contribution in [0.25, 0.3) is 0 Å². The Kier molecular flexibility index (Phi) is 5.33. The number of ether oxygens (including phenoxy) is 2. The SMILES string of the molecule is CC(=O)c1cc(C)ccc1OCC(=O)NC1CCOCC1. The van der Waals surface area contributed by atoms with Gasteiger partial charge in [-0.2, -0.15) is 0 Å². The highest BCUT2D eigenvalue weighted by Crippen LogP contribution is 2.20. The second kappa shape index (κ2) is 7.22. The van der Waals surface area contributed by atoms with Gasteiger partial charge in [0.05, 0.1) is 5.56 Å². The van der Waals surface area contributed by atoms with Gasteiger partial charge in [-0.15, -0.1) is 0 Å². The number of hydrogen-bond donors (Lipinski definition) is 1. The number of carbonyl (C=O) groups is 2. The van der Waals surface area contributed by atoms with Crippen LogP contribution in [0.1, 0.15) is 35.7 Å². The lowest BCUT2D eigenvalue weighted by Gasteiger charge is -2.23. The minimum absolute atomic E-state index is 0.0708. The number of nitrogens with one attached hydrogen (secondary N) is 1. The van der Waals surface area contributed by atoms with Crippen LogP contribution < -0.4 is 10.1 Å². The molecule has 1 aromatic carbocycles. The molecule has 1 N–H and O–H groups in total. The summed E-state index contributed by atoms with van der Waals surface area (Å²) in [7, 11) is 0. The van der Waals surface area contributed by atoms with E-state index in [0.717, 1.165) is 18.4 Å². The van der Waals surface area contributed by atoms with Gasteiger partial charge in [0.2, 0.25) is 0 Å². The van der Waals surface area contributed by atoms with Crippen molar-refractivity contribution >= 4 is 11.7 Å². The second-order valence-corrected chi connectivity index (χ2v) is 5.30. The van der Waals surface area contributed by atoms with E-state index in [1.807, 2.05) is 13.0 Å². The lowest BCUT2D eigenvalue weighted by atomic mass is 10.1. The van der Waals surface area contributed by atoms with E-state index in [2.05, 4.69) is 5.32 Å². The van der Waals surface area contributed by atoms with E-state index in [-0.39, 0.29) is 24.3 Å². The minimum atomic E-state index is -0.169. The Hall–Kier alpha value is -1.88. The Labute approximate surface area is 124 Å². The van der Waals surface area contributed by atoms with E-state index < -0.39 is 0 Å². The third-order valence-corrected chi connectivity index (χ3v) is 3.46. The Bertz CT molecular complexity index is 521. The predicted octanol–water partition coefficient (Wildman–Crippen LogP) is 1.87. The molecule has 1 aliphatic heterocycles. The van der Waals surface area contributed by atoms with Crippen molar-refractivity contribution in [1.29, 1.82) is 0 Å². The molecule has 21 heavy (non-hydrogen) atoms. The molecule has 0 aromatic heterocycles. The highest BCUT2D eigenvalue weighted by molar-refractivity contribution is 5.97. The predicted molar refractivity (Wildman–Crippen MR) is 78.7 cm³/mol. The Morgan fingerprint density at radius 2 is 2.05 bits per heavy atom. The molecule has 0 aliphatic carbocycles. The zero-order valence-corrected chi connectivity index (χ0v) is 12.5. The van der Waals surface area contributed by atoms with Crippen molar-refractivity contribution in [1.82, 2.24) is 5.32 Å². The Morgan fingerprint density at radius 1 is 1.33 bits per heavy atom. The van der Waals surface area contributed by atoms with Crippen LogP contribution in [0.2, 0.25) is 0 Å². The van der Waals surface area contributed by atoms with Crippen molar-refractivity contribution in [2.24, 2.45) is 0 Å². The quantitative estimate of drug-likeness (QED) is 0.841. The highest BCUT2D eigenvalue weighted by atomic mass is 16.5. The Morgan fingerprint density at radius 3 is 2.71 bits per heavy atom. The largest absolute Gasteiger partial charge is 0.483 e. The molecule has 1 amide bonds. The van der Waals surface area contributed by atoms with Crippen molar-refractivity contribution in [3.05, 3.63) is 29.3 Å². The molecule has 0 saturated carbocycles. The zero-order valence-electron chi connectivity index (χ0n) is 12.5. The summed E-state index contributed by atoms with van der Waals surface area (Å²) in [5, 5.41) is 2.92. The van der Waals surface area contributed by atoms with Crippen molar-refractivity contribution in [2.45, 2.75) is 32.7 Å². The molecule has 5 heteroatoms. The molecular formula is C16H21NO4. The van der Waals surface area contributed by atoms with Gasteiger partial charge >= 0.3 is 0 Å². The standard InChI is InChI=1S/C16H21NO4/c1-11-3-4-15(14(9-11)12(2)18)21-10-16(19)17-13-5-7-20-8-6-13/h3-4,9,13H,5-8,10H2,1-2H3,(H,17,19). The Balaban J connectivity index is 1.90. The van der Waals surface area contributed by atoms with Gasteiger partial charge in [-0.25, -0.2) is 0 Å². The third kappa shape index (κ3) is 4.56. The fourth-order valence-corrected chi connectivity index (χ4v) is 2.30. The van der Waals surface area contributed by atoms with Crippen LogP contribution in [0.4, 0.5) is 0 Å². The van der Waals surface area contributed by atoms with Gasteiger partial charge in [0.25, 0.3) is 5.91 Å². The van der Waals surface area contributed by atoms with E-state index in [4.69, 9.17) is 9.47 Å². The number of amides is 1. The van der Waals surface area contributed by atoms with Crippen LogP contribution >= 0.6 is 0 Å². The maximum absolute atomic E-state index is 11.9. The third-order valence-electron chi connectivity index (χ3n) is 3.46. The van der Waals surface area contributed by atoms with Crippen LogP contribution in [0.5, 0.6) is 5.75 Å². The molecule has 0 bridgehead atoms.